The van der Waals surface area contributed by atoms with E-state index < -0.39 is 0 Å². The van der Waals surface area contributed by atoms with Gasteiger partial charge in [-0.3, -0.25) is 4.79 Å². The van der Waals surface area contributed by atoms with E-state index >= 15 is 0 Å². The van der Waals surface area contributed by atoms with Crippen molar-refractivity contribution in [1.29, 1.82) is 0 Å². The van der Waals surface area contributed by atoms with E-state index in [0.717, 1.165) is 16.1 Å². The topological polar surface area (TPSA) is 61.4 Å². The lowest BCUT2D eigenvalue weighted by atomic mass is 10.1. The highest BCUT2D eigenvalue weighted by atomic mass is 32.1. The molecule has 0 bridgehead atoms. The van der Waals surface area contributed by atoms with E-state index in [4.69, 9.17) is 0 Å². The van der Waals surface area contributed by atoms with Gasteiger partial charge >= 0.3 is 0 Å². The summed E-state index contributed by atoms with van der Waals surface area (Å²) in [5.74, 6) is -0.0774. The lowest BCUT2D eigenvalue weighted by Crippen LogP contribution is -2.24. The number of aliphatic hydroxyl groups is 1. The van der Waals surface area contributed by atoms with Gasteiger partial charge in [-0.15, -0.1) is 11.3 Å². The van der Waals surface area contributed by atoms with Crippen LogP contribution in [-0.4, -0.2) is 17.6 Å². The highest BCUT2D eigenvalue weighted by Crippen LogP contribution is 2.23. The summed E-state index contributed by atoms with van der Waals surface area (Å²) in [4.78, 5) is 12.2. The third-order valence-electron chi connectivity index (χ3n) is 2.95. The Balaban J connectivity index is 2.00. The molecule has 3 N–H and O–H groups in total. The fourth-order valence-electron chi connectivity index (χ4n) is 1.97. The van der Waals surface area contributed by atoms with Crippen LogP contribution in [0.3, 0.4) is 0 Å². The Labute approximate surface area is 122 Å². The number of carbonyl (C=O) groups is 1. The van der Waals surface area contributed by atoms with E-state index in [2.05, 4.69) is 10.6 Å². The molecule has 0 unspecified atom stereocenters. The summed E-state index contributed by atoms with van der Waals surface area (Å²) in [6.07, 6.45) is 0. The molecule has 1 aromatic carbocycles. The summed E-state index contributed by atoms with van der Waals surface area (Å²) in [5.41, 5.74) is 1.88. The molecule has 0 spiro atoms. The molecule has 2 aromatic rings. The van der Waals surface area contributed by atoms with E-state index in [1.165, 1.54) is 6.92 Å². The van der Waals surface area contributed by atoms with E-state index in [1.54, 1.807) is 11.3 Å². The number of rotatable bonds is 6. The van der Waals surface area contributed by atoms with Crippen molar-refractivity contribution in [2.75, 3.05) is 11.9 Å². The number of amides is 1. The van der Waals surface area contributed by atoms with Crippen molar-refractivity contribution in [1.82, 2.24) is 5.32 Å². The summed E-state index contributed by atoms with van der Waals surface area (Å²) in [7, 11) is 0. The van der Waals surface area contributed by atoms with E-state index in [1.807, 2.05) is 41.8 Å². The molecule has 0 radical (unpaired) electrons. The molecule has 0 fully saturated rings. The van der Waals surface area contributed by atoms with Crippen LogP contribution in [0.15, 0.2) is 41.8 Å². The standard InChI is InChI=1S/C15H18N2O2S/c1-11(19)17-13-7-8-20-15(13)9-16-14(10-18)12-5-3-2-4-6-12/h2-8,14,16,18H,9-10H2,1H3,(H,17,19)/t14-/m0/s1. The molecule has 5 heteroatoms. The van der Waals surface area contributed by atoms with Gasteiger partial charge in [0.25, 0.3) is 0 Å². The molecule has 0 saturated carbocycles. The number of nitrogens with one attached hydrogen (secondary N) is 2. The van der Waals surface area contributed by atoms with E-state index in [-0.39, 0.29) is 18.6 Å². The van der Waals surface area contributed by atoms with Crippen LogP contribution in [0.25, 0.3) is 0 Å². The molecule has 1 aromatic heterocycles. The van der Waals surface area contributed by atoms with Gasteiger partial charge in [-0.05, 0) is 17.0 Å². The molecule has 0 aliphatic rings. The van der Waals surface area contributed by atoms with Crippen LogP contribution in [0.2, 0.25) is 0 Å². The summed E-state index contributed by atoms with van der Waals surface area (Å²) in [6, 6.07) is 11.6. The minimum atomic E-state index is -0.108. The predicted molar refractivity (Wildman–Crippen MR) is 81.7 cm³/mol. The van der Waals surface area contributed by atoms with E-state index in [9.17, 15) is 9.90 Å². The normalized spacial score (nSPS) is 12.1. The zero-order valence-corrected chi connectivity index (χ0v) is 12.1. The first-order chi connectivity index (χ1) is 9.70. The summed E-state index contributed by atoms with van der Waals surface area (Å²) in [5, 5.41) is 17.6. The number of aliphatic hydroxyl groups excluding tert-OH is 1. The minimum absolute atomic E-state index is 0.0326. The average Bonchev–Trinajstić information content (AvgIpc) is 2.87. The van der Waals surface area contributed by atoms with Gasteiger partial charge in [0.05, 0.1) is 18.3 Å². The number of hydrogen-bond acceptors (Lipinski definition) is 4. The van der Waals surface area contributed by atoms with E-state index in [0.29, 0.717) is 6.54 Å². The maximum Gasteiger partial charge on any atom is 0.221 e. The summed E-state index contributed by atoms with van der Waals surface area (Å²) < 4.78 is 0. The van der Waals surface area contributed by atoms with Gasteiger partial charge in [-0.25, -0.2) is 0 Å². The maximum absolute atomic E-state index is 11.1. The molecular formula is C15H18N2O2S. The van der Waals surface area contributed by atoms with Crippen molar-refractivity contribution in [2.45, 2.75) is 19.5 Å². The Morgan fingerprint density at radius 3 is 2.70 bits per heavy atom. The Bertz CT molecular complexity index is 554. The van der Waals surface area contributed by atoms with Crippen molar-refractivity contribution in [3.63, 3.8) is 0 Å². The zero-order valence-electron chi connectivity index (χ0n) is 11.3. The quantitative estimate of drug-likeness (QED) is 0.766. The Morgan fingerprint density at radius 1 is 1.30 bits per heavy atom. The fourth-order valence-corrected chi connectivity index (χ4v) is 2.75. The van der Waals surface area contributed by atoms with Gasteiger partial charge < -0.3 is 15.7 Å². The highest BCUT2D eigenvalue weighted by Gasteiger charge is 2.11. The van der Waals surface area contributed by atoms with Crippen molar-refractivity contribution in [3.8, 4) is 0 Å². The van der Waals surface area contributed by atoms with Crippen molar-refractivity contribution >= 4 is 22.9 Å². The first-order valence-electron chi connectivity index (χ1n) is 6.44. The van der Waals surface area contributed by atoms with Gasteiger partial charge in [0.2, 0.25) is 5.91 Å². The SMILES string of the molecule is CC(=O)Nc1ccsc1CN[C@@H](CO)c1ccccc1. The molecular weight excluding hydrogens is 272 g/mol. The number of benzene rings is 1. The fraction of sp³-hybridized carbons (Fsp3) is 0.267. The zero-order chi connectivity index (χ0) is 14.4. The van der Waals surface area contributed by atoms with Crippen LogP contribution in [0, 0.1) is 0 Å². The second kappa shape index (κ2) is 7.19. The molecule has 106 valence electrons. The lowest BCUT2D eigenvalue weighted by Gasteiger charge is -2.16. The van der Waals surface area contributed by atoms with Crippen LogP contribution in [0.1, 0.15) is 23.4 Å². The largest absolute Gasteiger partial charge is 0.394 e. The molecule has 1 amide bonds. The van der Waals surface area contributed by atoms with Crippen molar-refractivity contribution < 1.29 is 9.90 Å². The van der Waals surface area contributed by atoms with Gasteiger partial charge in [0, 0.05) is 18.3 Å². The Kier molecular flexibility index (Phi) is 5.29. The van der Waals surface area contributed by atoms with Crippen LogP contribution >= 0.6 is 11.3 Å². The first-order valence-corrected chi connectivity index (χ1v) is 7.32. The molecule has 1 heterocycles. The molecule has 20 heavy (non-hydrogen) atoms. The molecule has 0 aliphatic carbocycles. The average molecular weight is 290 g/mol. The monoisotopic (exact) mass is 290 g/mol. The van der Waals surface area contributed by atoms with Crippen LogP contribution in [0.5, 0.6) is 0 Å². The smallest absolute Gasteiger partial charge is 0.221 e. The molecule has 0 aliphatic heterocycles. The van der Waals surface area contributed by atoms with Crippen LogP contribution in [-0.2, 0) is 11.3 Å². The second-order valence-electron chi connectivity index (χ2n) is 4.47. The van der Waals surface area contributed by atoms with Crippen LogP contribution in [0.4, 0.5) is 5.69 Å². The Morgan fingerprint density at radius 2 is 2.05 bits per heavy atom. The summed E-state index contributed by atoms with van der Waals surface area (Å²) in [6.45, 7) is 2.13. The molecule has 4 nitrogen and oxygen atoms in total. The maximum atomic E-state index is 11.1. The molecule has 2 rings (SSSR count). The second-order valence-corrected chi connectivity index (χ2v) is 5.47. The van der Waals surface area contributed by atoms with Gasteiger partial charge in [0.1, 0.15) is 0 Å². The number of carbonyl (C=O) groups excluding carboxylic acids is 1. The van der Waals surface area contributed by atoms with Crippen molar-refractivity contribution in [3.05, 3.63) is 52.2 Å². The molecule has 1 atom stereocenters. The Hall–Kier alpha value is -1.69. The predicted octanol–water partition coefficient (Wildman–Crippen LogP) is 2.53. The third kappa shape index (κ3) is 3.90. The van der Waals surface area contributed by atoms with Crippen LogP contribution < -0.4 is 10.6 Å². The molecule has 0 saturated heterocycles. The minimum Gasteiger partial charge on any atom is -0.394 e. The number of anilines is 1. The third-order valence-corrected chi connectivity index (χ3v) is 3.87. The number of hydrogen-bond donors (Lipinski definition) is 3. The van der Waals surface area contributed by atoms with Gasteiger partial charge in [0.15, 0.2) is 0 Å². The highest BCUT2D eigenvalue weighted by molar-refractivity contribution is 7.10. The lowest BCUT2D eigenvalue weighted by molar-refractivity contribution is -0.114. The first kappa shape index (κ1) is 14.7. The summed E-state index contributed by atoms with van der Waals surface area (Å²) >= 11 is 1.58. The van der Waals surface area contributed by atoms with Crippen molar-refractivity contribution in [2.24, 2.45) is 0 Å². The number of thiophene rings is 1. The van der Waals surface area contributed by atoms with Gasteiger partial charge in [-0.1, -0.05) is 30.3 Å². The van der Waals surface area contributed by atoms with Gasteiger partial charge in [-0.2, -0.15) is 0 Å².